The molecule has 8 atom stereocenters. The summed E-state index contributed by atoms with van der Waals surface area (Å²) in [7, 11) is 0. The van der Waals surface area contributed by atoms with E-state index in [1.807, 2.05) is 6.08 Å². The van der Waals surface area contributed by atoms with Crippen LogP contribution < -0.4 is 5.32 Å². The lowest BCUT2D eigenvalue weighted by atomic mass is 9.99. The van der Waals surface area contributed by atoms with Gasteiger partial charge in [-0.05, 0) is 51.4 Å². The number of carbonyl (C=O) groups is 1. The van der Waals surface area contributed by atoms with Crippen molar-refractivity contribution in [2.24, 2.45) is 0 Å². The van der Waals surface area contributed by atoms with Gasteiger partial charge in [0, 0.05) is 0 Å². The molecule has 10 nitrogen and oxygen atoms in total. The fourth-order valence-electron chi connectivity index (χ4n) is 10.2. The first-order chi connectivity index (χ1) is 36.3. The van der Waals surface area contributed by atoms with Crippen molar-refractivity contribution < 1.29 is 44.9 Å². The molecule has 436 valence electrons. The van der Waals surface area contributed by atoms with Gasteiger partial charge in [-0.2, -0.15) is 0 Å². The van der Waals surface area contributed by atoms with Crippen LogP contribution in [-0.2, 0) is 14.3 Å². The minimum atomic E-state index is -1.61. The fourth-order valence-corrected chi connectivity index (χ4v) is 10.2. The molecule has 0 aromatic carbocycles. The number of hydrogen-bond acceptors (Lipinski definition) is 9. The van der Waals surface area contributed by atoms with E-state index >= 15 is 0 Å². The summed E-state index contributed by atoms with van der Waals surface area (Å²) in [6.07, 6.45) is 60.1. The first kappa shape index (κ1) is 70.4. The first-order valence-electron chi connectivity index (χ1n) is 31.8. The zero-order valence-electron chi connectivity index (χ0n) is 48.2. The summed E-state index contributed by atoms with van der Waals surface area (Å²) in [6.45, 7) is 3.62. The Morgan fingerprint density at radius 1 is 0.473 bits per heavy atom. The smallest absolute Gasteiger partial charge is 0.249 e. The molecule has 7 N–H and O–H groups in total. The first-order valence-corrected chi connectivity index (χ1v) is 31.8. The summed E-state index contributed by atoms with van der Waals surface area (Å²) < 4.78 is 11.2. The van der Waals surface area contributed by atoms with Gasteiger partial charge in [0.05, 0.1) is 25.4 Å². The van der Waals surface area contributed by atoms with Gasteiger partial charge in [-0.15, -0.1) is 0 Å². The maximum atomic E-state index is 13.1. The van der Waals surface area contributed by atoms with Crippen LogP contribution in [0.3, 0.4) is 0 Å². The molecular weight excluding hydrogens is 927 g/mol. The monoisotopic (exact) mass is 1050 g/mol. The molecule has 8 unspecified atom stereocenters. The molecular formula is C64H121NO9. The summed E-state index contributed by atoms with van der Waals surface area (Å²) in [5.74, 6) is -0.615. The number of unbranched alkanes of at least 4 members (excludes halogenated alkanes) is 40. The second-order valence-electron chi connectivity index (χ2n) is 22.3. The molecule has 74 heavy (non-hydrogen) atoms. The minimum Gasteiger partial charge on any atom is -0.394 e. The lowest BCUT2D eigenvalue weighted by molar-refractivity contribution is -0.302. The predicted octanol–water partition coefficient (Wildman–Crippen LogP) is 15.3. The Hall–Kier alpha value is -1.63. The Bertz CT molecular complexity index is 1280. The highest BCUT2D eigenvalue weighted by atomic mass is 16.7. The molecule has 0 radical (unpaired) electrons. The van der Waals surface area contributed by atoms with Crippen LogP contribution in [0.4, 0.5) is 0 Å². The average molecular weight is 1050 g/mol. The molecule has 0 spiro atoms. The molecule has 1 heterocycles. The summed E-state index contributed by atoms with van der Waals surface area (Å²) >= 11 is 0. The standard InChI is InChI=1S/C64H121NO9/c1-3-5-7-9-11-13-15-16-17-18-19-20-21-22-23-24-25-26-27-28-29-30-31-32-33-34-35-36-37-38-39-40-41-43-45-47-49-51-53-58(68)63(72)65-56(55-73-64-62(71)61(70)60(69)59(54-66)74-64)57(67)52-50-48-46-44-42-14-12-10-8-6-4-2/h25-26,28-29,50,52,56-62,64,66-71H,3-24,27,30-49,51,53-55H2,1-2H3,(H,65,72)/b26-25-,29-28-,52-50+. The number of aliphatic hydroxyl groups is 6. The van der Waals surface area contributed by atoms with Gasteiger partial charge in [0.1, 0.15) is 30.5 Å². The third kappa shape index (κ3) is 41.5. The number of hydrogen-bond donors (Lipinski definition) is 7. The highest BCUT2D eigenvalue weighted by molar-refractivity contribution is 5.80. The zero-order chi connectivity index (χ0) is 53.8. The van der Waals surface area contributed by atoms with Gasteiger partial charge in [-0.25, -0.2) is 0 Å². The Morgan fingerprint density at radius 2 is 0.824 bits per heavy atom. The highest BCUT2D eigenvalue weighted by Crippen LogP contribution is 2.23. The van der Waals surface area contributed by atoms with Gasteiger partial charge < -0.3 is 45.4 Å². The largest absolute Gasteiger partial charge is 0.394 e. The number of allylic oxidation sites excluding steroid dienone is 5. The van der Waals surface area contributed by atoms with Gasteiger partial charge in [0.25, 0.3) is 0 Å². The van der Waals surface area contributed by atoms with E-state index in [2.05, 4.69) is 43.5 Å². The van der Waals surface area contributed by atoms with Gasteiger partial charge in [-0.1, -0.05) is 288 Å². The number of rotatable bonds is 55. The summed E-state index contributed by atoms with van der Waals surface area (Å²) in [4.78, 5) is 13.1. The molecule has 0 bridgehead atoms. The molecule has 1 saturated heterocycles. The second kappa shape index (κ2) is 53.4. The van der Waals surface area contributed by atoms with Crippen LogP contribution in [0.5, 0.6) is 0 Å². The van der Waals surface area contributed by atoms with Crippen LogP contribution >= 0.6 is 0 Å². The van der Waals surface area contributed by atoms with Crippen LogP contribution in [0, 0.1) is 0 Å². The molecule has 0 aromatic heterocycles. The molecule has 1 aliphatic rings. The molecule has 1 rings (SSSR count). The normalized spacial score (nSPS) is 19.6. The van der Waals surface area contributed by atoms with Gasteiger partial charge in [0.15, 0.2) is 6.29 Å². The topological polar surface area (TPSA) is 169 Å². The lowest BCUT2D eigenvalue weighted by Gasteiger charge is -2.40. The summed E-state index contributed by atoms with van der Waals surface area (Å²) in [6, 6.07) is -0.979. The molecule has 0 saturated carbocycles. The van der Waals surface area contributed by atoms with Crippen molar-refractivity contribution in [2.45, 2.75) is 352 Å². The van der Waals surface area contributed by atoms with Crippen molar-refractivity contribution in [3.05, 3.63) is 36.5 Å². The van der Waals surface area contributed by atoms with E-state index in [4.69, 9.17) is 9.47 Å². The second-order valence-corrected chi connectivity index (χ2v) is 22.3. The maximum Gasteiger partial charge on any atom is 0.249 e. The fraction of sp³-hybridized carbons (Fsp3) is 0.891. The third-order valence-electron chi connectivity index (χ3n) is 15.3. The van der Waals surface area contributed by atoms with Crippen molar-refractivity contribution >= 4 is 5.91 Å². The quantitative estimate of drug-likeness (QED) is 0.0232. The van der Waals surface area contributed by atoms with Crippen LogP contribution in [0.2, 0.25) is 0 Å². The number of ether oxygens (including phenoxy) is 2. The molecule has 1 fully saturated rings. The van der Waals surface area contributed by atoms with Crippen molar-refractivity contribution in [2.75, 3.05) is 13.2 Å². The number of aliphatic hydroxyl groups excluding tert-OH is 6. The van der Waals surface area contributed by atoms with E-state index in [0.29, 0.717) is 6.42 Å². The Morgan fingerprint density at radius 3 is 1.20 bits per heavy atom. The maximum absolute atomic E-state index is 13.1. The number of carbonyl (C=O) groups excluding carboxylic acids is 1. The average Bonchev–Trinajstić information content (AvgIpc) is 3.40. The van der Waals surface area contributed by atoms with Crippen LogP contribution in [0.1, 0.15) is 303 Å². The van der Waals surface area contributed by atoms with Gasteiger partial charge in [0.2, 0.25) is 5.91 Å². The predicted molar refractivity (Wildman–Crippen MR) is 310 cm³/mol. The van der Waals surface area contributed by atoms with Crippen molar-refractivity contribution in [1.82, 2.24) is 5.32 Å². The van der Waals surface area contributed by atoms with Crippen molar-refractivity contribution in [1.29, 1.82) is 0 Å². The summed E-state index contributed by atoms with van der Waals surface area (Å²) in [5.41, 5.74) is 0. The van der Waals surface area contributed by atoms with E-state index in [1.54, 1.807) is 6.08 Å². The number of nitrogens with one attached hydrogen (secondary N) is 1. The van der Waals surface area contributed by atoms with Crippen molar-refractivity contribution in [3.63, 3.8) is 0 Å². The minimum absolute atomic E-state index is 0.304. The van der Waals surface area contributed by atoms with Crippen LogP contribution in [0.15, 0.2) is 36.5 Å². The molecule has 0 aliphatic carbocycles. The Kier molecular flexibility index (Phi) is 50.8. The third-order valence-corrected chi connectivity index (χ3v) is 15.3. The SMILES string of the molecule is CCCCCCCCCCC/C=C/C(O)C(COC1OC(CO)C(O)C(O)C1O)NC(=O)C(O)CCCCCCCCCCCCCCCCCC/C=C\C/C=C\CCCCCCCCCCCCCCCCC. The number of amides is 1. The van der Waals surface area contributed by atoms with Gasteiger partial charge in [-0.3, -0.25) is 4.79 Å². The summed E-state index contributed by atoms with van der Waals surface area (Å²) in [5, 5.41) is 64.9. The van der Waals surface area contributed by atoms with Crippen LogP contribution in [0.25, 0.3) is 0 Å². The van der Waals surface area contributed by atoms with E-state index in [1.165, 1.54) is 231 Å². The molecule has 1 amide bonds. The zero-order valence-corrected chi connectivity index (χ0v) is 48.2. The molecule has 0 aromatic rings. The Balaban J connectivity index is 2.06. The van der Waals surface area contributed by atoms with E-state index in [-0.39, 0.29) is 6.61 Å². The van der Waals surface area contributed by atoms with Gasteiger partial charge >= 0.3 is 0 Å². The van der Waals surface area contributed by atoms with Crippen molar-refractivity contribution in [3.8, 4) is 0 Å². The lowest BCUT2D eigenvalue weighted by Crippen LogP contribution is -2.60. The van der Waals surface area contributed by atoms with E-state index < -0.39 is 61.5 Å². The van der Waals surface area contributed by atoms with Crippen LogP contribution in [-0.4, -0.2) is 98.7 Å². The van der Waals surface area contributed by atoms with E-state index in [9.17, 15) is 35.4 Å². The highest BCUT2D eigenvalue weighted by Gasteiger charge is 2.44. The van der Waals surface area contributed by atoms with E-state index in [0.717, 1.165) is 51.4 Å². The molecule has 10 heteroatoms. The Labute approximate surface area is 455 Å². The molecule has 1 aliphatic heterocycles.